The molecule has 1 aliphatic heterocycles. The average Bonchev–Trinajstić information content (AvgIpc) is 2.54. The Morgan fingerprint density at radius 3 is 2.38 bits per heavy atom. The topological polar surface area (TPSA) is 139 Å². The Bertz CT molecular complexity index is 559. The second kappa shape index (κ2) is 8.30. The number of carbonyl (C=O) groups excluding carboxylic acids is 1. The summed E-state index contributed by atoms with van der Waals surface area (Å²) < 4.78 is 5.60. The highest BCUT2D eigenvalue weighted by molar-refractivity contribution is 7.99. The third-order valence-electron chi connectivity index (χ3n) is 3.68. The Morgan fingerprint density at radius 2 is 1.88 bits per heavy atom. The molecule has 8 nitrogen and oxygen atoms in total. The predicted octanol–water partition coefficient (Wildman–Crippen LogP) is -2.60. The van der Waals surface area contributed by atoms with Crippen LogP contribution in [0.3, 0.4) is 0 Å². The van der Waals surface area contributed by atoms with Gasteiger partial charge in [-0.3, -0.25) is 4.79 Å². The fourth-order valence-corrected chi connectivity index (χ4v) is 3.56. The number of hydrogen-bond acceptors (Lipinski definition) is 8. The van der Waals surface area contributed by atoms with Gasteiger partial charge < -0.3 is 35.4 Å². The quantitative estimate of drug-likeness (QED) is 0.316. The Hall–Kier alpha value is -1.14. The van der Waals surface area contributed by atoms with E-state index in [1.54, 1.807) is 12.1 Å². The highest BCUT2D eigenvalue weighted by atomic mass is 32.2. The molecule has 0 aromatic heterocycles. The summed E-state index contributed by atoms with van der Waals surface area (Å²) in [5.41, 5.74) is -0.416. The molecule has 1 aromatic carbocycles. The number of carbonyl (C=O) groups is 1. The number of nitrogens with one attached hydrogen (secondary N) is 1. The Kier molecular flexibility index (Phi) is 6.64. The molecule has 1 heterocycles. The molecule has 4 unspecified atom stereocenters. The molecule has 1 aromatic rings. The van der Waals surface area contributed by atoms with Crippen LogP contribution in [0.5, 0.6) is 0 Å². The molecule has 1 amide bonds. The first-order valence-electron chi connectivity index (χ1n) is 7.35. The van der Waals surface area contributed by atoms with E-state index >= 15 is 0 Å². The molecule has 10 heteroatoms. The van der Waals surface area contributed by atoms with E-state index in [4.69, 9.17) is 14.8 Å². The van der Waals surface area contributed by atoms with Gasteiger partial charge in [-0.2, -0.15) is 0 Å². The minimum Gasteiger partial charge on any atom is -0.423 e. The molecule has 0 bridgehead atoms. The van der Waals surface area contributed by atoms with Gasteiger partial charge in [0.15, 0.2) is 0 Å². The van der Waals surface area contributed by atoms with Crippen molar-refractivity contribution in [3.8, 4) is 0 Å². The molecule has 6 N–H and O–H groups in total. The fourth-order valence-electron chi connectivity index (χ4n) is 2.42. The van der Waals surface area contributed by atoms with Crippen molar-refractivity contribution in [2.75, 3.05) is 6.61 Å². The van der Waals surface area contributed by atoms with Gasteiger partial charge in [-0.05, 0) is 17.6 Å². The number of amides is 1. The molecule has 0 aliphatic carbocycles. The molecule has 1 saturated heterocycles. The van der Waals surface area contributed by atoms with Crippen LogP contribution in [-0.2, 0) is 9.53 Å². The van der Waals surface area contributed by atoms with Gasteiger partial charge in [-0.15, -0.1) is 0 Å². The Balaban J connectivity index is 2.17. The van der Waals surface area contributed by atoms with E-state index in [0.29, 0.717) is 10.4 Å². The molecule has 0 saturated carbocycles. The third kappa shape index (κ3) is 4.48. The summed E-state index contributed by atoms with van der Waals surface area (Å²) in [6.07, 6.45) is -3.59. The molecule has 2 rings (SSSR count). The zero-order chi connectivity index (χ0) is 17.9. The summed E-state index contributed by atoms with van der Waals surface area (Å²) in [6, 6.07) is 5.46. The number of ether oxygens (including phenoxy) is 1. The zero-order valence-electron chi connectivity index (χ0n) is 12.9. The van der Waals surface area contributed by atoms with Crippen LogP contribution in [0.15, 0.2) is 29.2 Å². The SMILES string of the molecule is CC(=O)N[C@@H]1C(Sc2ccc(B(O)O)cc2)OC(CO)C(O)C1O. The monoisotopic (exact) mass is 357 g/mol. The van der Waals surface area contributed by atoms with Gasteiger partial charge in [-0.25, -0.2) is 0 Å². The van der Waals surface area contributed by atoms with Crippen molar-refractivity contribution in [2.24, 2.45) is 0 Å². The Morgan fingerprint density at radius 1 is 1.25 bits per heavy atom. The van der Waals surface area contributed by atoms with Crippen molar-refractivity contribution in [1.29, 1.82) is 0 Å². The maximum atomic E-state index is 11.4. The van der Waals surface area contributed by atoms with Crippen LogP contribution in [0.25, 0.3) is 0 Å². The largest absolute Gasteiger partial charge is 0.488 e. The number of hydrogen-bond donors (Lipinski definition) is 6. The molecule has 132 valence electrons. The molecular weight excluding hydrogens is 337 g/mol. The number of thioether (sulfide) groups is 1. The first-order chi connectivity index (χ1) is 11.3. The van der Waals surface area contributed by atoms with Crippen molar-refractivity contribution in [3.05, 3.63) is 24.3 Å². The predicted molar refractivity (Wildman–Crippen MR) is 87.5 cm³/mol. The number of rotatable bonds is 5. The fraction of sp³-hybridized carbons (Fsp3) is 0.500. The van der Waals surface area contributed by atoms with Crippen LogP contribution < -0.4 is 10.8 Å². The zero-order valence-corrected chi connectivity index (χ0v) is 13.8. The maximum absolute atomic E-state index is 11.4. The van der Waals surface area contributed by atoms with E-state index < -0.39 is 43.5 Å². The van der Waals surface area contributed by atoms with Gasteiger partial charge in [0.1, 0.15) is 23.7 Å². The smallest absolute Gasteiger partial charge is 0.423 e. The molecule has 1 aliphatic rings. The van der Waals surface area contributed by atoms with Crippen molar-refractivity contribution in [3.63, 3.8) is 0 Å². The molecular formula is C14H20BNO7S. The van der Waals surface area contributed by atoms with Crippen LogP contribution in [-0.4, -0.2) is 74.8 Å². The summed E-state index contributed by atoms with van der Waals surface area (Å²) in [5, 5.41) is 50.2. The maximum Gasteiger partial charge on any atom is 0.488 e. The van der Waals surface area contributed by atoms with Crippen LogP contribution >= 0.6 is 11.8 Å². The highest BCUT2D eigenvalue weighted by Gasteiger charge is 2.45. The van der Waals surface area contributed by atoms with Crippen molar-refractivity contribution in [2.45, 2.75) is 41.6 Å². The second-order valence-corrected chi connectivity index (χ2v) is 6.67. The second-order valence-electron chi connectivity index (χ2n) is 5.49. The van der Waals surface area contributed by atoms with E-state index in [0.717, 1.165) is 0 Å². The van der Waals surface area contributed by atoms with Crippen LogP contribution in [0.2, 0.25) is 0 Å². The number of aliphatic hydroxyl groups excluding tert-OH is 3. The van der Waals surface area contributed by atoms with Gasteiger partial charge in [0, 0.05) is 11.8 Å². The van der Waals surface area contributed by atoms with Gasteiger partial charge >= 0.3 is 7.12 Å². The summed E-state index contributed by atoms with van der Waals surface area (Å²) >= 11 is 1.18. The van der Waals surface area contributed by atoms with Crippen LogP contribution in [0.1, 0.15) is 6.92 Å². The summed E-state index contributed by atoms with van der Waals surface area (Å²) in [6.45, 7) is 0.814. The van der Waals surface area contributed by atoms with Crippen molar-refractivity contribution >= 4 is 30.3 Å². The summed E-state index contributed by atoms with van der Waals surface area (Å²) in [4.78, 5) is 12.1. The molecule has 0 spiro atoms. The first kappa shape index (κ1) is 19.2. The minimum atomic E-state index is -1.57. The van der Waals surface area contributed by atoms with E-state index in [1.165, 1.54) is 30.8 Å². The van der Waals surface area contributed by atoms with Crippen molar-refractivity contribution < 1.29 is 34.9 Å². The van der Waals surface area contributed by atoms with Gasteiger partial charge in [0.25, 0.3) is 0 Å². The van der Waals surface area contributed by atoms with Gasteiger partial charge in [0.05, 0.1) is 12.6 Å². The van der Waals surface area contributed by atoms with Gasteiger partial charge in [-0.1, -0.05) is 23.9 Å². The van der Waals surface area contributed by atoms with Gasteiger partial charge in [0.2, 0.25) is 5.91 Å². The lowest BCUT2D eigenvalue weighted by Crippen LogP contribution is -2.63. The van der Waals surface area contributed by atoms with E-state index in [9.17, 15) is 20.1 Å². The summed E-state index contributed by atoms with van der Waals surface area (Å²) in [7, 11) is -1.57. The lowest BCUT2D eigenvalue weighted by Gasteiger charge is -2.42. The molecule has 1 fully saturated rings. The van der Waals surface area contributed by atoms with Crippen LogP contribution in [0, 0.1) is 0 Å². The lowest BCUT2D eigenvalue weighted by molar-refractivity contribution is -0.173. The minimum absolute atomic E-state index is 0.325. The number of aliphatic hydroxyl groups is 3. The standard InChI is InChI=1S/C14H20BNO7S/c1-7(18)16-11-13(20)12(19)10(6-17)23-14(11)24-9-4-2-8(3-5-9)15(21)22/h2-5,10-14,17,19-22H,6H2,1H3,(H,16,18)/t10?,11-,12?,13?,14?/m0/s1. The number of benzene rings is 1. The van der Waals surface area contributed by atoms with E-state index in [1.807, 2.05) is 0 Å². The van der Waals surface area contributed by atoms with E-state index in [2.05, 4.69) is 5.32 Å². The highest BCUT2D eigenvalue weighted by Crippen LogP contribution is 2.33. The van der Waals surface area contributed by atoms with Crippen LogP contribution in [0.4, 0.5) is 0 Å². The molecule has 0 radical (unpaired) electrons. The Labute approximate surface area is 143 Å². The summed E-state index contributed by atoms with van der Waals surface area (Å²) in [5.74, 6) is -0.387. The lowest BCUT2D eigenvalue weighted by atomic mass is 9.81. The average molecular weight is 357 g/mol. The first-order valence-corrected chi connectivity index (χ1v) is 8.23. The molecule has 5 atom stereocenters. The van der Waals surface area contributed by atoms with E-state index in [-0.39, 0.29) is 5.91 Å². The van der Waals surface area contributed by atoms with Crippen molar-refractivity contribution in [1.82, 2.24) is 5.32 Å². The molecule has 24 heavy (non-hydrogen) atoms. The third-order valence-corrected chi connectivity index (χ3v) is 4.86. The normalized spacial score (nSPS) is 30.0.